The molecule has 17 heavy (non-hydrogen) atoms. The SMILES string of the molecule is Cc1nc(C)c2c(ncn2C2CCCCO2)n1. The molecule has 3 heterocycles. The molecule has 0 bridgehead atoms. The summed E-state index contributed by atoms with van der Waals surface area (Å²) in [5.41, 5.74) is 2.74. The molecule has 2 aromatic heterocycles. The smallest absolute Gasteiger partial charge is 0.181 e. The molecule has 1 unspecified atom stereocenters. The molecule has 0 aliphatic carbocycles. The molecule has 0 N–H and O–H groups in total. The van der Waals surface area contributed by atoms with Crippen molar-refractivity contribution >= 4 is 11.2 Å². The molecule has 1 aliphatic rings. The summed E-state index contributed by atoms with van der Waals surface area (Å²) in [7, 11) is 0. The van der Waals surface area contributed by atoms with Gasteiger partial charge in [-0.15, -0.1) is 0 Å². The van der Waals surface area contributed by atoms with Gasteiger partial charge in [0, 0.05) is 6.61 Å². The Morgan fingerprint density at radius 1 is 1.29 bits per heavy atom. The molecular formula is C12H16N4O. The van der Waals surface area contributed by atoms with E-state index in [-0.39, 0.29) is 6.23 Å². The predicted octanol–water partition coefficient (Wildman–Crippen LogP) is 2.14. The summed E-state index contributed by atoms with van der Waals surface area (Å²) in [5, 5.41) is 0. The number of hydrogen-bond donors (Lipinski definition) is 0. The number of fused-ring (bicyclic) bond motifs is 1. The minimum Gasteiger partial charge on any atom is -0.358 e. The Balaban J connectivity index is 2.10. The molecule has 5 heteroatoms. The standard InChI is InChI=1S/C12H16N4O/c1-8-11-12(15-9(2)14-8)13-7-16(11)10-5-3-4-6-17-10/h7,10H,3-6H2,1-2H3. The predicted molar refractivity (Wildman–Crippen MR) is 63.6 cm³/mol. The number of hydrogen-bond acceptors (Lipinski definition) is 4. The van der Waals surface area contributed by atoms with Gasteiger partial charge in [-0.25, -0.2) is 15.0 Å². The van der Waals surface area contributed by atoms with Crippen molar-refractivity contribution in [2.24, 2.45) is 0 Å². The molecule has 0 aromatic carbocycles. The van der Waals surface area contributed by atoms with Gasteiger partial charge in [0.15, 0.2) is 5.65 Å². The molecule has 1 saturated heterocycles. The fourth-order valence-electron chi connectivity index (χ4n) is 2.42. The van der Waals surface area contributed by atoms with E-state index in [1.165, 1.54) is 6.42 Å². The summed E-state index contributed by atoms with van der Waals surface area (Å²) in [6.07, 6.45) is 5.31. The largest absolute Gasteiger partial charge is 0.358 e. The van der Waals surface area contributed by atoms with Gasteiger partial charge < -0.3 is 9.30 Å². The Hall–Kier alpha value is -1.49. The highest BCUT2D eigenvalue weighted by Crippen LogP contribution is 2.26. The minimum absolute atomic E-state index is 0.0961. The lowest BCUT2D eigenvalue weighted by atomic mass is 10.2. The van der Waals surface area contributed by atoms with Gasteiger partial charge >= 0.3 is 0 Å². The molecule has 0 radical (unpaired) electrons. The van der Waals surface area contributed by atoms with E-state index in [0.29, 0.717) is 0 Å². The van der Waals surface area contributed by atoms with Crippen molar-refractivity contribution in [3.63, 3.8) is 0 Å². The molecule has 3 rings (SSSR count). The third-order valence-electron chi connectivity index (χ3n) is 3.18. The second kappa shape index (κ2) is 4.07. The highest BCUT2D eigenvalue weighted by Gasteiger charge is 2.19. The zero-order chi connectivity index (χ0) is 11.8. The second-order valence-corrected chi connectivity index (χ2v) is 4.50. The van der Waals surface area contributed by atoms with Gasteiger partial charge in [0.05, 0.1) is 12.0 Å². The van der Waals surface area contributed by atoms with Crippen LogP contribution in [0.5, 0.6) is 0 Å². The van der Waals surface area contributed by atoms with Crippen LogP contribution in [0.4, 0.5) is 0 Å². The van der Waals surface area contributed by atoms with Crippen molar-refractivity contribution in [3.8, 4) is 0 Å². The van der Waals surface area contributed by atoms with Gasteiger partial charge in [-0.2, -0.15) is 0 Å². The van der Waals surface area contributed by atoms with Crippen LogP contribution in [0.2, 0.25) is 0 Å². The van der Waals surface area contributed by atoms with E-state index < -0.39 is 0 Å². The molecule has 1 fully saturated rings. The summed E-state index contributed by atoms with van der Waals surface area (Å²) < 4.78 is 7.86. The Bertz CT molecular complexity index is 543. The molecule has 5 nitrogen and oxygen atoms in total. The number of aryl methyl sites for hydroxylation is 2. The van der Waals surface area contributed by atoms with E-state index in [1.807, 2.05) is 20.2 Å². The lowest BCUT2D eigenvalue weighted by Gasteiger charge is -2.24. The molecule has 0 spiro atoms. The number of aromatic nitrogens is 4. The number of nitrogens with zero attached hydrogens (tertiary/aromatic N) is 4. The first-order chi connectivity index (χ1) is 8.25. The molecule has 90 valence electrons. The van der Waals surface area contributed by atoms with Crippen molar-refractivity contribution < 1.29 is 4.74 Å². The average Bonchev–Trinajstić information content (AvgIpc) is 2.74. The quantitative estimate of drug-likeness (QED) is 0.756. The molecule has 0 saturated carbocycles. The average molecular weight is 232 g/mol. The minimum atomic E-state index is 0.0961. The van der Waals surface area contributed by atoms with Crippen molar-refractivity contribution in [3.05, 3.63) is 17.8 Å². The third-order valence-corrected chi connectivity index (χ3v) is 3.18. The zero-order valence-electron chi connectivity index (χ0n) is 10.2. The lowest BCUT2D eigenvalue weighted by molar-refractivity contribution is -0.0295. The summed E-state index contributed by atoms with van der Waals surface area (Å²) in [5.74, 6) is 0.768. The molecule has 1 atom stereocenters. The maximum absolute atomic E-state index is 5.78. The van der Waals surface area contributed by atoms with Gasteiger partial charge in [-0.05, 0) is 33.1 Å². The zero-order valence-corrected chi connectivity index (χ0v) is 10.2. The van der Waals surface area contributed by atoms with Crippen LogP contribution < -0.4 is 0 Å². The Labute approximate surface area is 99.9 Å². The van der Waals surface area contributed by atoms with E-state index in [2.05, 4.69) is 19.5 Å². The maximum atomic E-state index is 5.78. The summed E-state index contributed by atoms with van der Waals surface area (Å²) in [6, 6.07) is 0. The Morgan fingerprint density at radius 2 is 2.18 bits per heavy atom. The van der Waals surface area contributed by atoms with Gasteiger partial charge in [0.2, 0.25) is 0 Å². The number of rotatable bonds is 1. The van der Waals surface area contributed by atoms with Crippen LogP contribution in [0.3, 0.4) is 0 Å². The van der Waals surface area contributed by atoms with Crippen molar-refractivity contribution in [1.29, 1.82) is 0 Å². The van der Waals surface area contributed by atoms with Crippen molar-refractivity contribution in [2.45, 2.75) is 39.3 Å². The normalized spacial score (nSPS) is 20.9. The summed E-state index contributed by atoms with van der Waals surface area (Å²) in [6.45, 7) is 4.72. The second-order valence-electron chi connectivity index (χ2n) is 4.50. The van der Waals surface area contributed by atoms with E-state index in [1.54, 1.807) is 0 Å². The fraction of sp³-hybridized carbons (Fsp3) is 0.583. The van der Waals surface area contributed by atoms with Gasteiger partial charge in [-0.3, -0.25) is 0 Å². The topological polar surface area (TPSA) is 52.8 Å². The molecular weight excluding hydrogens is 216 g/mol. The van der Waals surface area contributed by atoms with Crippen molar-refractivity contribution in [2.75, 3.05) is 6.61 Å². The van der Waals surface area contributed by atoms with Crippen LogP contribution >= 0.6 is 0 Å². The van der Waals surface area contributed by atoms with E-state index in [9.17, 15) is 0 Å². The van der Waals surface area contributed by atoms with Crippen molar-refractivity contribution in [1.82, 2.24) is 19.5 Å². The fourth-order valence-corrected chi connectivity index (χ4v) is 2.42. The highest BCUT2D eigenvalue weighted by molar-refractivity contribution is 5.73. The Morgan fingerprint density at radius 3 is 2.94 bits per heavy atom. The van der Waals surface area contributed by atoms with Gasteiger partial charge in [-0.1, -0.05) is 0 Å². The molecule has 2 aromatic rings. The molecule has 0 amide bonds. The van der Waals surface area contributed by atoms with E-state index >= 15 is 0 Å². The van der Waals surface area contributed by atoms with Gasteiger partial charge in [0.25, 0.3) is 0 Å². The third kappa shape index (κ3) is 1.80. The first kappa shape index (κ1) is 10.7. The van der Waals surface area contributed by atoms with Crippen LogP contribution in [0.1, 0.15) is 37.0 Å². The number of ether oxygens (including phenoxy) is 1. The monoisotopic (exact) mass is 232 g/mol. The van der Waals surface area contributed by atoms with Crippen LogP contribution in [0.25, 0.3) is 11.2 Å². The highest BCUT2D eigenvalue weighted by atomic mass is 16.5. The number of imidazole rings is 1. The van der Waals surface area contributed by atoms with Crippen LogP contribution in [0.15, 0.2) is 6.33 Å². The van der Waals surface area contributed by atoms with Gasteiger partial charge in [0.1, 0.15) is 17.6 Å². The van der Waals surface area contributed by atoms with E-state index in [4.69, 9.17) is 4.74 Å². The van der Waals surface area contributed by atoms with Crippen LogP contribution in [0, 0.1) is 13.8 Å². The van der Waals surface area contributed by atoms with Crippen LogP contribution in [-0.4, -0.2) is 26.1 Å². The first-order valence-corrected chi connectivity index (χ1v) is 6.05. The first-order valence-electron chi connectivity index (χ1n) is 6.05. The lowest BCUT2D eigenvalue weighted by Crippen LogP contribution is -2.17. The van der Waals surface area contributed by atoms with E-state index in [0.717, 1.165) is 42.1 Å². The Kier molecular flexibility index (Phi) is 2.55. The molecule has 1 aliphatic heterocycles. The summed E-state index contributed by atoms with van der Waals surface area (Å²) >= 11 is 0. The van der Waals surface area contributed by atoms with Crippen LogP contribution in [-0.2, 0) is 4.74 Å². The maximum Gasteiger partial charge on any atom is 0.181 e. The summed E-state index contributed by atoms with van der Waals surface area (Å²) in [4.78, 5) is 13.1.